The summed E-state index contributed by atoms with van der Waals surface area (Å²) in [5.41, 5.74) is 4.87. The van der Waals surface area contributed by atoms with E-state index in [1.54, 1.807) is 4.68 Å². The highest BCUT2D eigenvalue weighted by Crippen LogP contribution is 2.50. The molecule has 9 heteroatoms. The van der Waals surface area contributed by atoms with Crippen LogP contribution in [-0.2, 0) is 7.05 Å². The van der Waals surface area contributed by atoms with Gasteiger partial charge in [-0.05, 0) is 48.2 Å². The van der Waals surface area contributed by atoms with Crippen molar-refractivity contribution >= 4 is 23.4 Å². The SMILES string of the molecule is CN(c1ccc(-c2ccc(-c3cnn(C)c3)c3cn[nH]c23)nn1)C1CC2CCC(C1)B2C#N. The van der Waals surface area contributed by atoms with Gasteiger partial charge in [-0.25, -0.2) is 5.26 Å². The van der Waals surface area contributed by atoms with Crippen molar-refractivity contribution in [2.24, 2.45) is 7.05 Å². The number of aromatic amines is 1. The molecule has 0 saturated carbocycles. The van der Waals surface area contributed by atoms with E-state index in [-0.39, 0.29) is 6.71 Å². The second-order valence-electron chi connectivity index (χ2n) is 9.49. The highest BCUT2D eigenvalue weighted by atomic mass is 15.3. The van der Waals surface area contributed by atoms with E-state index in [2.05, 4.69) is 61.6 Å². The van der Waals surface area contributed by atoms with Crippen LogP contribution >= 0.6 is 0 Å². The zero-order chi connectivity index (χ0) is 22.5. The molecular weight excluding hydrogens is 411 g/mol. The van der Waals surface area contributed by atoms with Crippen LogP contribution in [0.4, 0.5) is 5.82 Å². The molecule has 1 N–H and O–H groups in total. The Labute approximate surface area is 192 Å². The Morgan fingerprint density at radius 1 is 1.09 bits per heavy atom. The quantitative estimate of drug-likeness (QED) is 0.484. The molecule has 33 heavy (non-hydrogen) atoms. The van der Waals surface area contributed by atoms with Gasteiger partial charge in [-0.15, -0.1) is 10.2 Å². The van der Waals surface area contributed by atoms with E-state index in [1.807, 2.05) is 31.7 Å². The van der Waals surface area contributed by atoms with Gasteiger partial charge in [-0.3, -0.25) is 9.78 Å². The van der Waals surface area contributed by atoms with Crippen LogP contribution in [0.1, 0.15) is 25.7 Å². The molecule has 0 spiro atoms. The van der Waals surface area contributed by atoms with Crippen molar-refractivity contribution in [3.63, 3.8) is 0 Å². The lowest BCUT2D eigenvalue weighted by Crippen LogP contribution is -2.40. The van der Waals surface area contributed by atoms with E-state index < -0.39 is 0 Å². The molecule has 2 fully saturated rings. The fraction of sp³-hybridized carbons (Fsp3) is 0.375. The number of H-pyrrole nitrogens is 1. The Hall–Kier alpha value is -3.67. The van der Waals surface area contributed by atoms with Gasteiger partial charge >= 0.3 is 0 Å². The molecule has 0 amide bonds. The van der Waals surface area contributed by atoms with Crippen molar-refractivity contribution < 1.29 is 0 Å². The third-order valence-corrected chi connectivity index (χ3v) is 7.69. The highest BCUT2D eigenvalue weighted by molar-refractivity contribution is 6.70. The molecule has 5 heterocycles. The van der Waals surface area contributed by atoms with Gasteiger partial charge in [0.25, 0.3) is 6.71 Å². The molecule has 2 atom stereocenters. The fourth-order valence-electron chi connectivity index (χ4n) is 5.93. The molecule has 164 valence electrons. The molecule has 2 aliphatic rings. The predicted octanol–water partition coefficient (Wildman–Crippen LogP) is 4.11. The Bertz CT molecular complexity index is 1340. The second kappa shape index (κ2) is 7.73. The number of nitrogens with one attached hydrogen (secondary N) is 1. The number of nitriles is 1. The molecule has 2 bridgehead atoms. The molecule has 8 nitrogen and oxygen atoms in total. The number of hydrogen-bond donors (Lipinski definition) is 1. The van der Waals surface area contributed by atoms with Crippen LogP contribution in [0, 0.1) is 11.2 Å². The Kier molecular flexibility index (Phi) is 4.68. The van der Waals surface area contributed by atoms with E-state index in [1.165, 1.54) is 12.8 Å². The van der Waals surface area contributed by atoms with Crippen molar-refractivity contribution in [3.05, 3.63) is 42.9 Å². The Morgan fingerprint density at radius 3 is 2.55 bits per heavy atom. The minimum atomic E-state index is 0.245. The molecular formula is C24H25BN8. The molecule has 0 aliphatic carbocycles. The maximum absolute atomic E-state index is 9.50. The summed E-state index contributed by atoms with van der Waals surface area (Å²) in [5, 5.41) is 31.4. The summed E-state index contributed by atoms with van der Waals surface area (Å²) in [5.74, 6) is 4.50. The monoisotopic (exact) mass is 436 g/mol. The van der Waals surface area contributed by atoms with E-state index in [9.17, 15) is 5.26 Å². The third kappa shape index (κ3) is 3.29. The van der Waals surface area contributed by atoms with Gasteiger partial charge in [0.1, 0.15) is 0 Å². The first kappa shape index (κ1) is 20.0. The van der Waals surface area contributed by atoms with E-state index in [0.717, 1.165) is 51.9 Å². The minimum absolute atomic E-state index is 0.245. The molecule has 6 rings (SSSR count). The topological polar surface area (TPSA) is 99.3 Å². The molecule has 2 aliphatic heterocycles. The summed E-state index contributed by atoms with van der Waals surface area (Å²) >= 11 is 0. The summed E-state index contributed by atoms with van der Waals surface area (Å²) in [7, 11) is 4.02. The van der Waals surface area contributed by atoms with Crippen molar-refractivity contribution in [2.45, 2.75) is 43.4 Å². The molecule has 4 aromatic rings. The van der Waals surface area contributed by atoms with Crippen LogP contribution in [0.25, 0.3) is 33.3 Å². The summed E-state index contributed by atoms with van der Waals surface area (Å²) in [6.45, 7) is 0.245. The van der Waals surface area contributed by atoms with Crippen LogP contribution in [-0.4, -0.2) is 50.0 Å². The number of benzene rings is 1. The lowest BCUT2D eigenvalue weighted by molar-refractivity contribution is 0.515. The van der Waals surface area contributed by atoms with Crippen molar-refractivity contribution in [1.29, 1.82) is 5.26 Å². The number of anilines is 1. The highest BCUT2D eigenvalue weighted by Gasteiger charge is 2.47. The summed E-state index contributed by atoms with van der Waals surface area (Å²) in [4.78, 5) is 2.26. The van der Waals surface area contributed by atoms with Gasteiger partial charge in [0.15, 0.2) is 5.82 Å². The van der Waals surface area contributed by atoms with E-state index in [4.69, 9.17) is 0 Å². The standard InChI is InChI=1S/C24H25BN8/c1-32-13-15(11-28-32)19-5-6-20(24-21(19)12-27-31-24)22-7-8-23(30-29-22)33(2)18-9-16-3-4-17(10-18)25(16)14-26/h5-8,11-13,16-18H,3-4,9-10H2,1-2H3,(H,27,31). The first-order valence-corrected chi connectivity index (χ1v) is 11.5. The lowest BCUT2D eigenvalue weighted by atomic mass is 9.35. The van der Waals surface area contributed by atoms with Gasteiger partial charge in [0.05, 0.1) is 23.6 Å². The Balaban J connectivity index is 1.27. The van der Waals surface area contributed by atoms with Crippen molar-refractivity contribution in [3.8, 4) is 28.4 Å². The lowest BCUT2D eigenvalue weighted by Gasteiger charge is -2.36. The molecule has 2 saturated heterocycles. The van der Waals surface area contributed by atoms with Crippen molar-refractivity contribution in [1.82, 2.24) is 30.2 Å². The van der Waals surface area contributed by atoms with Gasteiger partial charge in [-0.2, -0.15) is 10.2 Å². The maximum atomic E-state index is 9.50. The van der Waals surface area contributed by atoms with E-state index >= 15 is 0 Å². The van der Waals surface area contributed by atoms with Gasteiger partial charge in [-0.1, -0.05) is 18.9 Å². The number of aryl methyl sites for hydroxylation is 1. The minimum Gasteiger partial charge on any atom is -0.355 e. The first-order chi connectivity index (χ1) is 16.1. The van der Waals surface area contributed by atoms with Crippen LogP contribution in [0.5, 0.6) is 0 Å². The van der Waals surface area contributed by atoms with Crippen LogP contribution in [0.3, 0.4) is 0 Å². The summed E-state index contributed by atoms with van der Waals surface area (Å²) < 4.78 is 1.80. The molecule has 3 aromatic heterocycles. The third-order valence-electron chi connectivity index (χ3n) is 7.69. The normalized spacial score (nSPS) is 22.0. The zero-order valence-electron chi connectivity index (χ0n) is 18.8. The molecule has 1 aromatic carbocycles. The number of hydrogen-bond acceptors (Lipinski definition) is 6. The predicted molar refractivity (Wildman–Crippen MR) is 129 cm³/mol. The number of rotatable bonds is 4. The first-order valence-electron chi connectivity index (χ1n) is 11.5. The second-order valence-corrected chi connectivity index (χ2v) is 9.49. The smallest absolute Gasteiger partial charge is 0.274 e. The van der Waals surface area contributed by atoms with Gasteiger partial charge < -0.3 is 4.90 Å². The maximum Gasteiger partial charge on any atom is 0.274 e. The average molecular weight is 436 g/mol. The van der Waals surface area contributed by atoms with Crippen molar-refractivity contribution in [2.75, 3.05) is 11.9 Å². The Morgan fingerprint density at radius 2 is 1.88 bits per heavy atom. The van der Waals surface area contributed by atoms with Gasteiger partial charge in [0.2, 0.25) is 0 Å². The van der Waals surface area contributed by atoms with Gasteiger partial charge in [0, 0.05) is 48.8 Å². The number of aromatic nitrogens is 6. The largest absolute Gasteiger partial charge is 0.355 e. The number of fused-ring (bicyclic) bond motifs is 3. The van der Waals surface area contributed by atoms with E-state index in [0.29, 0.717) is 17.7 Å². The summed E-state index contributed by atoms with van der Waals surface area (Å²) in [6.07, 6.45) is 10.2. The molecule has 2 unspecified atom stereocenters. The average Bonchev–Trinajstić information content (AvgIpc) is 3.55. The summed E-state index contributed by atoms with van der Waals surface area (Å²) in [6, 6.07) is 8.67. The zero-order valence-corrected chi connectivity index (χ0v) is 18.8. The molecule has 0 radical (unpaired) electrons. The fourth-order valence-corrected chi connectivity index (χ4v) is 5.93. The number of nitrogens with zero attached hydrogens (tertiary/aromatic N) is 7. The van der Waals surface area contributed by atoms with Crippen LogP contribution in [0.15, 0.2) is 42.9 Å². The van der Waals surface area contributed by atoms with Crippen LogP contribution < -0.4 is 4.90 Å². The van der Waals surface area contributed by atoms with Crippen LogP contribution in [0.2, 0.25) is 11.6 Å².